The molecule has 8 rings (SSSR count). The van der Waals surface area contributed by atoms with Crippen LogP contribution >= 0.6 is 0 Å². The maximum Gasteiger partial charge on any atom is 0.263 e. The van der Waals surface area contributed by atoms with Gasteiger partial charge in [-0.25, -0.2) is 0 Å². The molecule has 4 amide bonds. The van der Waals surface area contributed by atoms with Crippen LogP contribution in [0.2, 0.25) is 0 Å². The van der Waals surface area contributed by atoms with E-state index < -0.39 is 0 Å². The smallest absolute Gasteiger partial charge is 0.263 e. The zero-order valence-electron chi connectivity index (χ0n) is 25.8. The Hall–Kier alpha value is -3.68. The first kappa shape index (κ1) is 29.1. The lowest BCUT2D eigenvalue weighted by atomic mass is 9.94. The summed E-state index contributed by atoms with van der Waals surface area (Å²) in [6.45, 7) is 3.95. The number of carbonyl (C=O) groups is 4. The normalized spacial score (nSPS) is 22.5. The highest BCUT2D eigenvalue weighted by Crippen LogP contribution is 2.38. The highest BCUT2D eigenvalue weighted by molar-refractivity contribution is 6.24. The van der Waals surface area contributed by atoms with Gasteiger partial charge in [-0.15, -0.1) is 0 Å². The Morgan fingerprint density at radius 2 is 0.795 bits per heavy atom. The van der Waals surface area contributed by atoms with Crippen LogP contribution in [0.3, 0.4) is 0 Å². The third-order valence-corrected chi connectivity index (χ3v) is 10.6. The van der Waals surface area contributed by atoms with Crippen molar-refractivity contribution < 1.29 is 19.2 Å². The largest absolute Gasteiger partial charge is 0.371 e. The fraction of sp³-hybridized carbons (Fsp3) is 0.556. The van der Waals surface area contributed by atoms with E-state index in [9.17, 15) is 19.2 Å². The van der Waals surface area contributed by atoms with Crippen molar-refractivity contribution in [2.45, 2.75) is 102 Å². The number of nitrogens with zero attached hydrogens (tertiary/aromatic N) is 4. The highest BCUT2D eigenvalue weighted by Gasteiger charge is 2.43. The third kappa shape index (κ3) is 5.10. The maximum atomic E-state index is 13.0. The zero-order valence-corrected chi connectivity index (χ0v) is 25.8. The van der Waals surface area contributed by atoms with Gasteiger partial charge in [0.25, 0.3) is 23.6 Å². The number of fused-ring (bicyclic) bond motifs is 2. The molecule has 6 aliphatic rings. The number of hydrogen-bond donors (Lipinski definition) is 0. The second kappa shape index (κ2) is 12.4. The molecule has 0 radical (unpaired) electrons. The molecule has 0 aromatic heterocycles. The summed E-state index contributed by atoms with van der Waals surface area (Å²) >= 11 is 0. The topological polar surface area (TPSA) is 81.2 Å². The lowest BCUT2D eigenvalue weighted by molar-refractivity contribution is 0.0533. The second-order valence-electron chi connectivity index (χ2n) is 13.3. The molecule has 0 spiro atoms. The summed E-state index contributed by atoms with van der Waals surface area (Å²) in [4.78, 5) is 59.1. The van der Waals surface area contributed by atoms with Gasteiger partial charge in [0.05, 0.1) is 33.6 Å². The standard InChI is InChI=1S/2C18H22N2O2/c2*21-17-14-9-6-10-15(19-11-4-5-12-19)16(14)18(22)20(17)13-7-2-1-3-8-13/h2*6,9-10,13H,1-5,7-8,11-12H2. The second-order valence-corrected chi connectivity index (χ2v) is 13.3. The molecule has 4 aliphatic heterocycles. The number of imide groups is 2. The summed E-state index contributed by atoms with van der Waals surface area (Å²) in [5.74, 6) is -0.273. The first-order valence-corrected chi connectivity index (χ1v) is 17.1. The summed E-state index contributed by atoms with van der Waals surface area (Å²) in [6, 6.07) is 11.7. The van der Waals surface area contributed by atoms with Crippen LogP contribution in [0.1, 0.15) is 131 Å². The molecule has 8 nitrogen and oxygen atoms in total. The van der Waals surface area contributed by atoms with Crippen LogP contribution in [-0.4, -0.2) is 71.7 Å². The summed E-state index contributed by atoms with van der Waals surface area (Å²) in [5, 5.41) is 0. The number of anilines is 2. The summed E-state index contributed by atoms with van der Waals surface area (Å²) in [6.07, 6.45) is 15.4. The maximum absolute atomic E-state index is 13.0. The monoisotopic (exact) mass is 596 g/mol. The minimum atomic E-state index is -0.0760. The van der Waals surface area contributed by atoms with E-state index in [-0.39, 0.29) is 35.7 Å². The van der Waals surface area contributed by atoms with Crippen molar-refractivity contribution in [2.24, 2.45) is 0 Å². The zero-order chi connectivity index (χ0) is 30.2. The summed E-state index contributed by atoms with van der Waals surface area (Å²) in [7, 11) is 0. The van der Waals surface area contributed by atoms with E-state index in [1.807, 2.05) is 36.4 Å². The van der Waals surface area contributed by atoms with Crippen molar-refractivity contribution in [1.29, 1.82) is 0 Å². The molecule has 2 saturated heterocycles. The number of amides is 4. The Balaban J connectivity index is 0.000000142. The van der Waals surface area contributed by atoms with Gasteiger partial charge in [-0.3, -0.25) is 29.0 Å². The quantitative estimate of drug-likeness (QED) is 0.379. The molecule has 0 bridgehead atoms. The van der Waals surface area contributed by atoms with Gasteiger partial charge in [0.2, 0.25) is 0 Å². The first-order chi connectivity index (χ1) is 21.5. The summed E-state index contributed by atoms with van der Waals surface area (Å²) < 4.78 is 0. The van der Waals surface area contributed by atoms with E-state index in [1.165, 1.54) is 12.8 Å². The predicted octanol–water partition coefficient (Wildman–Crippen LogP) is 6.43. The minimum absolute atomic E-state index is 0.0607. The van der Waals surface area contributed by atoms with Crippen LogP contribution in [0.5, 0.6) is 0 Å². The van der Waals surface area contributed by atoms with Gasteiger partial charge in [0, 0.05) is 38.3 Å². The molecular weight excluding hydrogens is 552 g/mol. The Labute approximate surface area is 260 Å². The van der Waals surface area contributed by atoms with Crippen LogP contribution in [0.25, 0.3) is 0 Å². The van der Waals surface area contributed by atoms with E-state index in [4.69, 9.17) is 0 Å². The van der Waals surface area contributed by atoms with E-state index in [2.05, 4.69) is 9.80 Å². The van der Waals surface area contributed by atoms with E-state index >= 15 is 0 Å². The molecular formula is C36H44N4O4. The van der Waals surface area contributed by atoms with Gasteiger partial charge in [-0.2, -0.15) is 0 Å². The van der Waals surface area contributed by atoms with Crippen LogP contribution in [0, 0.1) is 0 Å². The molecule has 44 heavy (non-hydrogen) atoms. The molecule has 2 aromatic rings. The highest BCUT2D eigenvalue weighted by atomic mass is 16.2. The van der Waals surface area contributed by atoms with Crippen LogP contribution in [-0.2, 0) is 0 Å². The van der Waals surface area contributed by atoms with Gasteiger partial charge < -0.3 is 9.80 Å². The Bertz CT molecular complexity index is 1340. The molecule has 2 saturated carbocycles. The fourth-order valence-electron chi connectivity index (χ4n) is 8.36. The van der Waals surface area contributed by atoms with Crippen molar-refractivity contribution >= 4 is 35.0 Å². The molecule has 0 N–H and O–H groups in total. The average Bonchev–Trinajstić information content (AvgIpc) is 3.87. The van der Waals surface area contributed by atoms with Crippen LogP contribution < -0.4 is 9.80 Å². The fourth-order valence-corrected chi connectivity index (χ4v) is 8.36. The molecule has 2 aromatic carbocycles. The number of hydrogen-bond acceptors (Lipinski definition) is 6. The van der Waals surface area contributed by atoms with E-state index in [1.54, 1.807) is 9.80 Å². The average molecular weight is 597 g/mol. The SMILES string of the molecule is O=C1c2cccc(N3CCCC3)c2C(=O)N1C1CCCCC1.O=C1c2cccc(N3CCCC3)c2C(=O)N1C1CCCCC1. The predicted molar refractivity (Wildman–Crippen MR) is 171 cm³/mol. The van der Waals surface area contributed by atoms with Crippen molar-refractivity contribution in [2.75, 3.05) is 36.0 Å². The molecule has 4 fully saturated rings. The van der Waals surface area contributed by atoms with E-state index in [0.717, 1.165) is 115 Å². The molecule has 0 unspecified atom stereocenters. The van der Waals surface area contributed by atoms with Crippen molar-refractivity contribution in [1.82, 2.24) is 9.80 Å². The first-order valence-electron chi connectivity index (χ1n) is 17.1. The number of rotatable bonds is 4. The van der Waals surface area contributed by atoms with Crippen LogP contribution in [0.4, 0.5) is 11.4 Å². The van der Waals surface area contributed by atoms with Crippen molar-refractivity contribution in [3.63, 3.8) is 0 Å². The Morgan fingerprint density at radius 1 is 0.432 bits per heavy atom. The molecule has 4 heterocycles. The van der Waals surface area contributed by atoms with Crippen LogP contribution in [0.15, 0.2) is 36.4 Å². The number of carbonyl (C=O) groups excluding carboxylic acids is 4. The van der Waals surface area contributed by atoms with Crippen molar-refractivity contribution in [3.05, 3.63) is 58.7 Å². The molecule has 8 heteroatoms. The third-order valence-electron chi connectivity index (χ3n) is 10.6. The Morgan fingerprint density at radius 3 is 1.16 bits per heavy atom. The lowest BCUT2D eigenvalue weighted by Crippen LogP contribution is -2.41. The van der Waals surface area contributed by atoms with Gasteiger partial charge in [0.15, 0.2) is 0 Å². The Kier molecular flexibility index (Phi) is 8.17. The van der Waals surface area contributed by atoms with Gasteiger partial charge in [-0.1, -0.05) is 50.7 Å². The molecule has 0 atom stereocenters. The molecule has 2 aliphatic carbocycles. The van der Waals surface area contributed by atoms with Gasteiger partial charge in [0.1, 0.15) is 0 Å². The van der Waals surface area contributed by atoms with Crippen molar-refractivity contribution in [3.8, 4) is 0 Å². The lowest BCUT2D eigenvalue weighted by Gasteiger charge is -2.29. The number of benzene rings is 2. The van der Waals surface area contributed by atoms with Gasteiger partial charge in [-0.05, 0) is 75.6 Å². The van der Waals surface area contributed by atoms with E-state index in [0.29, 0.717) is 22.3 Å². The van der Waals surface area contributed by atoms with Gasteiger partial charge >= 0.3 is 0 Å². The minimum Gasteiger partial charge on any atom is -0.371 e. The summed E-state index contributed by atoms with van der Waals surface area (Å²) in [5.41, 5.74) is 4.46. The molecule has 232 valence electrons.